The number of methoxy groups -OCH3 is 1. The third-order valence-electron chi connectivity index (χ3n) is 5.49. The number of carbonyl (C=O) groups excluding carboxylic acids is 3. The lowest BCUT2D eigenvalue weighted by molar-refractivity contribution is -0.143. The van der Waals surface area contributed by atoms with E-state index in [0.717, 1.165) is 12.8 Å². The van der Waals surface area contributed by atoms with Crippen LogP contribution in [-0.2, 0) is 14.3 Å². The molecule has 7 nitrogen and oxygen atoms in total. The van der Waals surface area contributed by atoms with Crippen LogP contribution in [0.5, 0.6) is 0 Å². The van der Waals surface area contributed by atoms with E-state index in [2.05, 4.69) is 4.98 Å². The van der Waals surface area contributed by atoms with Gasteiger partial charge >= 0.3 is 0 Å². The summed E-state index contributed by atoms with van der Waals surface area (Å²) in [4.78, 5) is 45.2. The van der Waals surface area contributed by atoms with Crippen molar-refractivity contribution >= 4 is 17.6 Å². The first-order valence-electron chi connectivity index (χ1n) is 9.61. The smallest absolute Gasteiger partial charge is 0.248 e. The molecular weight excluding hydrogens is 346 g/mol. The first-order valence-corrected chi connectivity index (χ1v) is 9.61. The van der Waals surface area contributed by atoms with Gasteiger partial charge in [0.2, 0.25) is 11.8 Å². The number of amides is 2. The molecule has 0 saturated carbocycles. The zero-order valence-corrected chi connectivity index (χ0v) is 15.8. The molecule has 0 aliphatic carbocycles. The summed E-state index contributed by atoms with van der Waals surface area (Å²) >= 11 is 0. The van der Waals surface area contributed by atoms with E-state index in [4.69, 9.17) is 4.74 Å². The quantitative estimate of drug-likeness (QED) is 0.729. The van der Waals surface area contributed by atoms with Gasteiger partial charge in [-0.05, 0) is 37.8 Å². The Kier molecular flexibility index (Phi) is 6.55. The number of likely N-dealkylation sites (tertiary alicyclic amines) is 2. The number of nitrogens with zero attached hydrogens (tertiary/aromatic N) is 3. The second kappa shape index (κ2) is 9.08. The summed E-state index contributed by atoms with van der Waals surface area (Å²) in [5.74, 6) is -0.135. The van der Waals surface area contributed by atoms with Crippen LogP contribution in [0.2, 0.25) is 0 Å². The average molecular weight is 373 g/mol. The van der Waals surface area contributed by atoms with Crippen LogP contribution in [0.3, 0.4) is 0 Å². The fraction of sp³-hybridized carbons (Fsp3) is 0.600. The number of pyridine rings is 1. The Hall–Kier alpha value is -2.28. The van der Waals surface area contributed by atoms with Crippen molar-refractivity contribution in [2.24, 2.45) is 11.8 Å². The third-order valence-corrected chi connectivity index (χ3v) is 5.49. The molecule has 1 aromatic rings. The van der Waals surface area contributed by atoms with Gasteiger partial charge in [0.1, 0.15) is 12.3 Å². The molecule has 0 bridgehead atoms. The summed E-state index contributed by atoms with van der Waals surface area (Å²) in [6.07, 6.45) is 4.59. The molecule has 1 unspecified atom stereocenters. The molecule has 0 N–H and O–H groups in total. The number of Topliss-reactive ketones (excluding diaryl/α,β-unsaturated/α-hetero) is 1. The maximum Gasteiger partial charge on any atom is 0.248 e. The van der Waals surface area contributed by atoms with Crippen molar-refractivity contribution in [3.8, 4) is 0 Å². The van der Waals surface area contributed by atoms with Crippen molar-refractivity contribution in [1.29, 1.82) is 0 Å². The van der Waals surface area contributed by atoms with E-state index in [1.54, 1.807) is 23.2 Å². The second-order valence-electron chi connectivity index (χ2n) is 7.29. The molecule has 27 heavy (non-hydrogen) atoms. The Morgan fingerprint density at radius 2 is 1.85 bits per heavy atom. The second-order valence-corrected chi connectivity index (χ2v) is 7.29. The van der Waals surface area contributed by atoms with Gasteiger partial charge in [0, 0.05) is 51.3 Å². The maximum absolute atomic E-state index is 12.9. The van der Waals surface area contributed by atoms with E-state index in [9.17, 15) is 14.4 Å². The number of ether oxygens (including phenoxy) is 1. The van der Waals surface area contributed by atoms with Gasteiger partial charge in [-0.25, -0.2) is 0 Å². The predicted molar refractivity (Wildman–Crippen MR) is 99.1 cm³/mol. The van der Waals surface area contributed by atoms with Crippen LogP contribution in [0.1, 0.15) is 36.2 Å². The highest BCUT2D eigenvalue weighted by Crippen LogP contribution is 2.25. The summed E-state index contributed by atoms with van der Waals surface area (Å²) in [7, 11) is 1.51. The normalized spacial score (nSPS) is 21.1. The molecule has 2 amide bonds. The molecule has 2 aliphatic rings. The van der Waals surface area contributed by atoms with Gasteiger partial charge in [-0.15, -0.1) is 0 Å². The van der Waals surface area contributed by atoms with Gasteiger partial charge in [0.05, 0.1) is 0 Å². The molecule has 0 spiro atoms. The fourth-order valence-corrected chi connectivity index (χ4v) is 3.96. The third kappa shape index (κ3) is 4.71. The maximum atomic E-state index is 12.9. The molecule has 0 radical (unpaired) electrons. The highest BCUT2D eigenvalue weighted by atomic mass is 16.5. The van der Waals surface area contributed by atoms with Crippen molar-refractivity contribution in [1.82, 2.24) is 14.8 Å². The molecule has 7 heteroatoms. The SMILES string of the molecule is COCC(=O)N1CCC(C(=O)N2CCCC(C(=O)c3ccccn3)C2)CC1. The van der Waals surface area contributed by atoms with Crippen LogP contribution in [0.25, 0.3) is 0 Å². The summed E-state index contributed by atoms with van der Waals surface area (Å²) in [5.41, 5.74) is 0.474. The number of hydrogen-bond donors (Lipinski definition) is 0. The van der Waals surface area contributed by atoms with E-state index in [-0.39, 0.29) is 36.0 Å². The number of piperidine rings is 2. The topological polar surface area (TPSA) is 79.8 Å². The molecule has 2 aliphatic heterocycles. The van der Waals surface area contributed by atoms with Crippen molar-refractivity contribution in [3.05, 3.63) is 30.1 Å². The highest BCUT2D eigenvalue weighted by Gasteiger charge is 2.34. The van der Waals surface area contributed by atoms with Gasteiger partial charge in [0.25, 0.3) is 0 Å². The first kappa shape index (κ1) is 19.5. The van der Waals surface area contributed by atoms with Crippen LogP contribution < -0.4 is 0 Å². The fourth-order valence-electron chi connectivity index (χ4n) is 3.96. The Labute approximate surface area is 159 Å². The standard InChI is InChI=1S/C20H27N3O4/c1-27-14-18(24)22-11-7-15(8-12-22)20(26)23-10-4-5-16(13-23)19(25)17-6-2-3-9-21-17/h2-3,6,9,15-16H,4-5,7-8,10-14H2,1H3. The largest absolute Gasteiger partial charge is 0.375 e. The lowest BCUT2D eigenvalue weighted by Gasteiger charge is -2.37. The van der Waals surface area contributed by atoms with E-state index in [1.165, 1.54) is 7.11 Å². The minimum Gasteiger partial charge on any atom is -0.375 e. The Bertz CT molecular complexity index is 671. The lowest BCUT2D eigenvalue weighted by atomic mass is 9.89. The van der Waals surface area contributed by atoms with Crippen molar-refractivity contribution in [2.75, 3.05) is 39.9 Å². The zero-order valence-electron chi connectivity index (χ0n) is 15.8. The van der Waals surface area contributed by atoms with E-state index >= 15 is 0 Å². The van der Waals surface area contributed by atoms with E-state index in [0.29, 0.717) is 44.7 Å². The predicted octanol–water partition coefficient (Wildman–Crippen LogP) is 1.39. The van der Waals surface area contributed by atoms with Gasteiger partial charge in [-0.2, -0.15) is 0 Å². The molecule has 1 atom stereocenters. The number of carbonyl (C=O) groups is 3. The molecular formula is C20H27N3O4. The lowest BCUT2D eigenvalue weighted by Crippen LogP contribution is -2.48. The highest BCUT2D eigenvalue weighted by molar-refractivity contribution is 5.96. The molecule has 3 heterocycles. The monoisotopic (exact) mass is 373 g/mol. The van der Waals surface area contributed by atoms with Crippen LogP contribution in [0.15, 0.2) is 24.4 Å². The summed E-state index contributed by atoms with van der Waals surface area (Å²) in [6, 6.07) is 5.33. The molecule has 1 aromatic heterocycles. The van der Waals surface area contributed by atoms with Crippen molar-refractivity contribution in [3.63, 3.8) is 0 Å². The number of aromatic nitrogens is 1. The van der Waals surface area contributed by atoms with Gasteiger partial charge < -0.3 is 14.5 Å². The Morgan fingerprint density at radius 3 is 2.52 bits per heavy atom. The molecule has 2 fully saturated rings. The van der Waals surface area contributed by atoms with Crippen molar-refractivity contribution in [2.45, 2.75) is 25.7 Å². The molecule has 2 saturated heterocycles. The summed E-state index contributed by atoms with van der Waals surface area (Å²) < 4.78 is 4.89. The average Bonchev–Trinajstić information content (AvgIpc) is 2.73. The van der Waals surface area contributed by atoms with Gasteiger partial charge in [-0.1, -0.05) is 6.07 Å². The van der Waals surface area contributed by atoms with Crippen LogP contribution in [-0.4, -0.2) is 72.3 Å². The molecule has 0 aromatic carbocycles. The minimum absolute atomic E-state index is 0.0214. The molecule has 3 rings (SSSR count). The van der Waals surface area contributed by atoms with E-state index in [1.807, 2.05) is 11.0 Å². The summed E-state index contributed by atoms with van der Waals surface area (Å²) in [6.45, 7) is 2.43. The molecule has 146 valence electrons. The van der Waals surface area contributed by atoms with Crippen LogP contribution in [0.4, 0.5) is 0 Å². The number of hydrogen-bond acceptors (Lipinski definition) is 5. The number of ketones is 1. The minimum atomic E-state index is -0.180. The van der Waals surface area contributed by atoms with Gasteiger partial charge in [0.15, 0.2) is 5.78 Å². The van der Waals surface area contributed by atoms with Crippen LogP contribution >= 0.6 is 0 Å². The Balaban J connectivity index is 1.55. The van der Waals surface area contributed by atoms with Crippen LogP contribution in [0, 0.1) is 11.8 Å². The van der Waals surface area contributed by atoms with E-state index < -0.39 is 0 Å². The number of rotatable bonds is 5. The summed E-state index contributed by atoms with van der Waals surface area (Å²) in [5, 5.41) is 0. The zero-order chi connectivity index (χ0) is 19.2. The van der Waals surface area contributed by atoms with Gasteiger partial charge in [-0.3, -0.25) is 19.4 Å². The van der Waals surface area contributed by atoms with Crippen molar-refractivity contribution < 1.29 is 19.1 Å². The Morgan fingerprint density at radius 1 is 1.07 bits per heavy atom. The first-order chi connectivity index (χ1) is 13.1.